The minimum absolute atomic E-state index is 0.271. The number of primary amides is 1. The number of rotatable bonds is 2. The smallest absolute Gasteiger partial charge is 0.316 e. The molecule has 3 rings (SSSR count). The molecule has 4 nitrogen and oxygen atoms in total. The molecule has 0 aliphatic carbocycles. The van der Waals surface area contributed by atoms with Gasteiger partial charge in [-0.25, -0.2) is 9.18 Å². The molecule has 5 heteroatoms. The summed E-state index contributed by atoms with van der Waals surface area (Å²) in [7, 11) is 0. The van der Waals surface area contributed by atoms with Crippen LogP contribution in [0, 0.1) is 5.82 Å². The predicted octanol–water partition coefficient (Wildman–Crippen LogP) is 3.46. The molecule has 1 heterocycles. The largest absolute Gasteiger partial charge is 0.360 e. The molecular formula is C15H12FN3O. The highest BCUT2D eigenvalue weighted by Gasteiger charge is 2.07. The van der Waals surface area contributed by atoms with Gasteiger partial charge in [-0.15, -0.1) is 0 Å². The maximum atomic E-state index is 13.2. The van der Waals surface area contributed by atoms with Crippen LogP contribution in [0.25, 0.3) is 22.0 Å². The molecule has 0 bridgehead atoms. The second-order valence-corrected chi connectivity index (χ2v) is 4.46. The number of carbonyl (C=O) groups is 1. The number of carbonyl (C=O) groups excluding carboxylic acids is 1. The fourth-order valence-corrected chi connectivity index (χ4v) is 2.21. The normalized spacial score (nSPS) is 10.7. The summed E-state index contributed by atoms with van der Waals surface area (Å²) in [6, 6.07) is 11.3. The van der Waals surface area contributed by atoms with Crippen molar-refractivity contribution >= 4 is 22.6 Å². The number of nitrogens with one attached hydrogen (secondary N) is 2. The Hall–Kier alpha value is -2.82. The molecular weight excluding hydrogens is 257 g/mol. The van der Waals surface area contributed by atoms with E-state index in [1.54, 1.807) is 18.2 Å². The number of nitrogens with two attached hydrogens (primary N) is 1. The first-order chi connectivity index (χ1) is 9.63. The first-order valence-electron chi connectivity index (χ1n) is 6.07. The van der Waals surface area contributed by atoms with E-state index < -0.39 is 6.03 Å². The fourth-order valence-electron chi connectivity index (χ4n) is 2.21. The van der Waals surface area contributed by atoms with Crippen molar-refractivity contribution < 1.29 is 9.18 Å². The van der Waals surface area contributed by atoms with E-state index in [0.29, 0.717) is 5.69 Å². The zero-order valence-electron chi connectivity index (χ0n) is 10.5. The number of benzene rings is 2. The van der Waals surface area contributed by atoms with Crippen LogP contribution >= 0.6 is 0 Å². The van der Waals surface area contributed by atoms with Gasteiger partial charge in [0.15, 0.2) is 0 Å². The van der Waals surface area contributed by atoms with Gasteiger partial charge in [0, 0.05) is 28.4 Å². The topological polar surface area (TPSA) is 70.9 Å². The monoisotopic (exact) mass is 269 g/mol. The Morgan fingerprint density at radius 3 is 2.60 bits per heavy atom. The van der Waals surface area contributed by atoms with Gasteiger partial charge in [-0.05, 0) is 35.9 Å². The summed E-state index contributed by atoms with van der Waals surface area (Å²) in [6.07, 6.45) is 1.83. The Balaban J connectivity index is 2.00. The van der Waals surface area contributed by atoms with Crippen LogP contribution in [-0.4, -0.2) is 11.0 Å². The lowest BCUT2D eigenvalue weighted by molar-refractivity contribution is 0.259. The number of urea groups is 1. The van der Waals surface area contributed by atoms with Gasteiger partial charge < -0.3 is 16.0 Å². The number of hydrogen-bond donors (Lipinski definition) is 3. The standard InChI is InChI=1S/C15H12FN3O/c16-10-3-6-12-13(8-18-14(12)7-10)9-1-4-11(5-2-9)19-15(17)20/h1-8,18H,(H3,17,19,20). The van der Waals surface area contributed by atoms with Crippen molar-refractivity contribution in [3.8, 4) is 11.1 Å². The Labute approximate surface area is 114 Å². The van der Waals surface area contributed by atoms with Crippen LogP contribution in [0.4, 0.5) is 14.9 Å². The molecule has 0 atom stereocenters. The number of aromatic amines is 1. The van der Waals surface area contributed by atoms with E-state index in [4.69, 9.17) is 5.73 Å². The summed E-state index contributed by atoms with van der Waals surface area (Å²) < 4.78 is 13.2. The van der Waals surface area contributed by atoms with Gasteiger partial charge in [-0.3, -0.25) is 0 Å². The molecule has 2 amide bonds. The van der Waals surface area contributed by atoms with E-state index in [9.17, 15) is 9.18 Å². The number of H-pyrrole nitrogens is 1. The van der Waals surface area contributed by atoms with Crippen molar-refractivity contribution in [1.82, 2.24) is 4.98 Å². The molecule has 0 aliphatic heterocycles. The Bertz CT molecular complexity index is 777. The van der Waals surface area contributed by atoms with Gasteiger partial charge in [0.05, 0.1) is 0 Å². The minimum atomic E-state index is -0.597. The second kappa shape index (κ2) is 4.70. The van der Waals surface area contributed by atoms with E-state index in [1.165, 1.54) is 12.1 Å². The summed E-state index contributed by atoms with van der Waals surface area (Å²) in [5.41, 5.74) is 8.38. The Morgan fingerprint density at radius 2 is 1.90 bits per heavy atom. The van der Waals surface area contributed by atoms with Crippen LogP contribution in [-0.2, 0) is 0 Å². The predicted molar refractivity (Wildman–Crippen MR) is 76.9 cm³/mol. The van der Waals surface area contributed by atoms with Crippen molar-refractivity contribution in [2.24, 2.45) is 5.73 Å². The molecule has 0 unspecified atom stereocenters. The van der Waals surface area contributed by atoms with Gasteiger partial charge in [0.2, 0.25) is 0 Å². The molecule has 0 saturated carbocycles. The summed E-state index contributed by atoms with van der Waals surface area (Å²) in [5, 5.41) is 3.45. The van der Waals surface area contributed by atoms with Crippen molar-refractivity contribution in [1.29, 1.82) is 0 Å². The highest BCUT2D eigenvalue weighted by molar-refractivity contribution is 5.96. The molecule has 4 N–H and O–H groups in total. The summed E-state index contributed by atoms with van der Waals surface area (Å²) in [5.74, 6) is -0.271. The van der Waals surface area contributed by atoms with Gasteiger partial charge >= 0.3 is 6.03 Å². The van der Waals surface area contributed by atoms with Gasteiger partial charge in [0.1, 0.15) is 5.82 Å². The Kier molecular flexibility index (Phi) is 2.87. The van der Waals surface area contributed by atoms with Crippen LogP contribution in [0.15, 0.2) is 48.7 Å². The second-order valence-electron chi connectivity index (χ2n) is 4.46. The molecule has 0 aliphatic rings. The molecule has 0 spiro atoms. The molecule has 20 heavy (non-hydrogen) atoms. The number of fused-ring (bicyclic) bond motifs is 1. The van der Waals surface area contributed by atoms with Crippen molar-refractivity contribution in [2.75, 3.05) is 5.32 Å². The average Bonchev–Trinajstić information content (AvgIpc) is 2.82. The zero-order valence-corrected chi connectivity index (χ0v) is 10.5. The van der Waals surface area contributed by atoms with Crippen LogP contribution in [0.3, 0.4) is 0 Å². The fraction of sp³-hybridized carbons (Fsp3) is 0. The highest BCUT2D eigenvalue weighted by atomic mass is 19.1. The van der Waals surface area contributed by atoms with Crippen molar-refractivity contribution in [3.05, 3.63) is 54.5 Å². The summed E-state index contributed by atoms with van der Waals surface area (Å²) >= 11 is 0. The van der Waals surface area contributed by atoms with Crippen molar-refractivity contribution in [2.45, 2.75) is 0 Å². The number of anilines is 1. The third-order valence-electron chi connectivity index (χ3n) is 3.11. The van der Waals surface area contributed by atoms with Crippen molar-refractivity contribution in [3.63, 3.8) is 0 Å². The van der Waals surface area contributed by atoms with E-state index in [1.807, 2.05) is 18.3 Å². The molecule has 0 fully saturated rings. The average molecular weight is 269 g/mol. The lowest BCUT2D eigenvalue weighted by Crippen LogP contribution is -2.19. The zero-order chi connectivity index (χ0) is 14.1. The summed E-state index contributed by atoms with van der Waals surface area (Å²) in [6.45, 7) is 0. The van der Waals surface area contributed by atoms with Crippen LogP contribution < -0.4 is 11.1 Å². The first-order valence-corrected chi connectivity index (χ1v) is 6.07. The lowest BCUT2D eigenvalue weighted by atomic mass is 10.0. The molecule has 100 valence electrons. The van der Waals surface area contributed by atoms with Gasteiger partial charge in [0.25, 0.3) is 0 Å². The van der Waals surface area contributed by atoms with Crippen LogP contribution in [0.2, 0.25) is 0 Å². The Morgan fingerprint density at radius 1 is 1.15 bits per heavy atom. The molecule has 1 aromatic heterocycles. The number of aromatic nitrogens is 1. The van der Waals surface area contributed by atoms with Gasteiger partial charge in [-0.2, -0.15) is 0 Å². The molecule has 0 radical (unpaired) electrons. The highest BCUT2D eigenvalue weighted by Crippen LogP contribution is 2.29. The minimum Gasteiger partial charge on any atom is -0.360 e. The molecule has 2 aromatic carbocycles. The third kappa shape index (κ3) is 2.21. The summed E-state index contributed by atoms with van der Waals surface area (Å²) in [4.78, 5) is 13.8. The molecule has 0 saturated heterocycles. The maximum Gasteiger partial charge on any atom is 0.316 e. The SMILES string of the molecule is NC(=O)Nc1ccc(-c2c[nH]c3cc(F)ccc23)cc1. The lowest BCUT2D eigenvalue weighted by Gasteiger charge is -2.04. The van der Waals surface area contributed by atoms with Crippen LogP contribution in [0.1, 0.15) is 0 Å². The van der Waals surface area contributed by atoms with E-state index in [2.05, 4.69) is 10.3 Å². The quantitative estimate of drug-likeness (QED) is 0.655. The number of halogens is 1. The maximum absolute atomic E-state index is 13.2. The van der Waals surface area contributed by atoms with E-state index in [-0.39, 0.29) is 5.82 Å². The van der Waals surface area contributed by atoms with Gasteiger partial charge in [-0.1, -0.05) is 12.1 Å². The van der Waals surface area contributed by atoms with Crippen LogP contribution in [0.5, 0.6) is 0 Å². The first kappa shape index (κ1) is 12.2. The number of amides is 2. The number of hydrogen-bond acceptors (Lipinski definition) is 1. The molecule has 3 aromatic rings. The van der Waals surface area contributed by atoms with E-state index in [0.717, 1.165) is 22.0 Å². The van der Waals surface area contributed by atoms with E-state index >= 15 is 0 Å². The third-order valence-corrected chi connectivity index (χ3v) is 3.11.